The van der Waals surface area contributed by atoms with E-state index in [9.17, 15) is 4.79 Å². The Bertz CT molecular complexity index is 1600. The SMILES string of the molecule is C=CC(=C)Nc1ccc(C(=O)Nc2cccc(Nc3cc(NC4CCC(N(C)C)CC4)nc4c(C(C)C)cnn34)c2)cc1. The van der Waals surface area contributed by atoms with Gasteiger partial charge in [0, 0.05) is 52.0 Å². The predicted octanol–water partition coefficient (Wildman–Crippen LogP) is 7.24. The summed E-state index contributed by atoms with van der Waals surface area (Å²) in [6.45, 7) is 11.9. The third-order valence-electron chi connectivity index (χ3n) is 7.99. The molecule has 1 aliphatic rings. The lowest BCUT2D eigenvalue weighted by molar-refractivity contribution is 0.102. The molecule has 0 aliphatic heterocycles. The van der Waals surface area contributed by atoms with Crippen LogP contribution in [0, 0.1) is 0 Å². The number of allylic oxidation sites excluding steroid dienone is 1. The number of nitrogens with zero attached hydrogens (tertiary/aromatic N) is 4. The molecule has 0 spiro atoms. The molecule has 1 saturated carbocycles. The average molecular weight is 579 g/mol. The fourth-order valence-electron chi connectivity index (χ4n) is 5.46. The van der Waals surface area contributed by atoms with Crippen molar-refractivity contribution in [2.24, 2.45) is 0 Å². The van der Waals surface area contributed by atoms with Crippen LogP contribution in [0.1, 0.15) is 61.4 Å². The normalized spacial score (nSPS) is 16.7. The number of anilines is 5. The van der Waals surface area contributed by atoms with E-state index in [4.69, 9.17) is 4.98 Å². The molecular formula is C34H42N8O. The van der Waals surface area contributed by atoms with E-state index < -0.39 is 0 Å². The van der Waals surface area contributed by atoms with Crippen LogP contribution in [-0.2, 0) is 0 Å². The Labute approximate surface area is 254 Å². The second kappa shape index (κ2) is 13.1. The molecular weight excluding hydrogens is 536 g/mol. The molecule has 4 N–H and O–H groups in total. The van der Waals surface area contributed by atoms with Gasteiger partial charge in [-0.15, -0.1) is 0 Å². The third kappa shape index (κ3) is 7.24. The van der Waals surface area contributed by atoms with Crippen LogP contribution in [-0.4, -0.2) is 51.6 Å². The fourth-order valence-corrected chi connectivity index (χ4v) is 5.46. The zero-order chi connectivity index (χ0) is 30.5. The van der Waals surface area contributed by atoms with E-state index in [1.54, 1.807) is 18.2 Å². The second-order valence-corrected chi connectivity index (χ2v) is 11.7. The summed E-state index contributed by atoms with van der Waals surface area (Å²) >= 11 is 0. The van der Waals surface area contributed by atoms with Gasteiger partial charge in [-0.05, 0) is 94.2 Å². The van der Waals surface area contributed by atoms with Crippen LogP contribution in [0.15, 0.2) is 85.7 Å². The molecule has 2 aromatic carbocycles. The maximum Gasteiger partial charge on any atom is 0.255 e. The van der Waals surface area contributed by atoms with Crippen LogP contribution in [0.4, 0.5) is 28.7 Å². The first-order chi connectivity index (χ1) is 20.7. The molecule has 224 valence electrons. The maximum atomic E-state index is 13.0. The lowest BCUT2D eigenvalue weighted by Gasteiger charge is -2.33. The van der Waals surface area contributed by atoms with Crippen molar-refractivity contribution in [2.45, 2.75) is 57.5 Å². The van der Waals surface area contributed by atoms with Crippen LogP contribution < -0.4 is 21.3 Å². The van der Waals surface area contributed by atoms with Gasteiger partial charge >= 0.3 is 0 Å². The van der Waals surface area contributed by atoms with Crippen molar-refractivity contribution >= 4 is 40.3 Å². The maximum absolute atomic E-state index is 13.0. The van der Waals surface area contributed by atoms with Gasteiger partial charge in [-0.3, -0.25) is 4.79 Å². The van der Waals surface area contributed by atoms with Gasteiger partial charge in [-0.1, -0.05) is 33.1 Å². The summed E-state index contributed by atoms with van der Waals surface area (Å²) in [7, 11) is 4.33. The lowest BCUT2D eigenvalue weighted by atomic mass is 9.90. The molecule has 0 radical (unpaired) electrons. The van der Waals surface area contributed by atoms with E-state index in [0.717, 1.165) is 47.1 Å². The van der Waals surface area contributed by atoms with E-state index in [1.165, 1.54) is 12.8 Å². The lowest BCUT2D eigenvalue weighted by Crippen LogP contribution is -2.36. The van der Waals surface area contributed by atoms with E-state index in [-0.39, 0.29) is 11.8 Å². The smallest absolute Gasteiger partial charge is 0.255 e. The molecule has 2 heterocycles. The molecule has 1 amide bonds. The second-order valence-electron chi connectivity index (χ2n) is 11.7. The van der Waals surface area contributed by atoms with Crippen molar-refractivity contribution in [1.29, 1.82) is 0 Å². The first-order valence-electron chi connectivity index (χ1n) is 14.9. The minimum absolute atomic E-state index is 0.193. The Morgan fingerprint density at radius 2 is 1.72 bits per heavy atom. The van der Waals surface area contributed by atoms with Crippen LogP contribution in [0.3, 0.4) is 0 Å². The number of amides is 1. The molecule has 1 aliphatic carbocycles. The Hall–Kier alpha value is -4.63. The molecule has 1 fully saturated rings. The number of aromatic nitrogens is 3. The summed E-state index contributed by atoms with van der Waals surface area (Å²) in [5, 5.41) is 18.0. The molecule has 9 nitrogen and oxygen atoms in total. The van der Waals surface area contributed by atoms with Crippen molar-refractivity contribution in [2.75, 3.05) is 35.4 Å². The van der Waals surface area contributed by atoms with Crippen LogP contribution in [0.25, 0.3) is 5.65 Å². The Morgan fingerprint density at radius 1 is 1.00 bits per heavy atom. The highest BCUT2D eigenvalue weighted by Crippen LogP contribution is 2.29. The minimum atomic E-state index is -0.193. The number of carbonyl (C=O) groups excluding carboxylic acids is 1. The zero-order valence-electron chi connectivity index (χ0n) is 25.5. The van der Waals surface area contributed by atoms with Crippen LogP contribution >= 0.6 is 0 Å². The van der Waals surface area contributed by atoms with Gasteiger partial charge < -0.3 is 26.2 Å². The average Bonchev–Trinajstić information content (AvgIpc) is 3.43. The number of fused-ring (bicyclic) bond motifs is 1. The fraction of sp³-hybridized carbons (Fsp3) is 0.324. The van der Waals surface area contributed by atoms with E-state index in [0.29, 0.717) is 29.0 Å². The number of nitrogens with one attached hydrogen (secondary N) is 4. The quantitative estimate of drug-likeness (QED) is 0.139. The molecule has 2 aromatic heterocycles. The molecule has 0 unspecified atom stereocenters. The van der Waals surface area contributed by atoms with Gasteiger partial charge in [-0.25, -0.2) is 4.98 Å². The van der Waals surface area contributed by atoms with Crippen LogP contribution in [0.2, 0.25) is 0 Å². The topological polar surface area (TPSA) is 98.6 Å². The third-order valence-corrected chi connectivity index (χ3v) is 7.99. The van der Waals surface area contributed by atoms with Gasteiger partial charge in [0.2, 0.25) is 0 Å². The number of hydrogen-bond donors (Lipinski definition) is 4. The highest BCUT2D eigenvalue weighted by atomic mass is 16.1. The van der Waals surface area contributed by atoms with Gasteiger partial charge in [0.15, 0.2) is 5.65 Å². The predicted molar refractivity (Wildman–Crippen MR) is 178 cm³/mol. The Morgan fingerprint density at radius 3 is 2.40 bits per heavy atom. The summed E-state index contributed by atoms with van der Waals surface area (Å²) in [5.41, 5.74) is 5.53. The summed E-state index contributed by atoms with van der Waals surface area (Å²) < 4.78 is 1.85. The number of benzene rings is 2. The van der Waals surface area contributed by atoms with Crippen molar-refractivity contribution in [3.63, 3.8) is 0 Å². The Kier molecular flexibility index (Phi) is 9.11. The number of rotatable bonds is 11. The summed E-state index contributed by atoms with van der Waals surface area (Å²) in [6, 6.07) is 17.9. The monoisotopic (exact) mass is 578 g/mol. The molecule has 5 rings (SSSR count). The van der Waals surface area contributed by atoms with Gasteiger partial charge in [-0.2, -0.15) is 9.61 Å². The summed E-state index contributed by atoms with van der Waals surface area (Å²) in [5.74, 6) is 1.73. The molecule has 0 bridgehead atoms. The first-order valence-corrected chi connectivity index (χ1v) is 14.9. The zero-order valence-corrected chi connectivity index (χ0v) is 25.5. The summed E-state index contributed by atoms with van der Waals surface area (Å²) in [6.07, 6.45) is 8.11. The molecule has 0 saturated heterocycles. The first kappa shape index (κ1) is 29.8. The van der Waals surface area contributed by atoms with E-state index in [1.807, 2.05) is 53.2 Å². The van der Waals surface area contributed by atoms with Gasteiger partial charge in [0.25, 0.3) is 5.91 Å². The highest BCUT2D eigenvalue weighted by Gasteiger charge is 2.23. The standard InChI is InChI=1S/C34H42N8O/c1-7-23(4)36-25-13-11-24(12-14-25)34(43)39-28-10-8-9-27(19-28)38-32-20-31(37-26-15-17-29(18-16-26)41(5)6)40-33-30(22(2)3)21-35-42(32)33/h7-14,19-22,26,29,36,38H,1,4,15-18H2,2-3,5-6H3,(H,37,40)(H,39,43). The van der Waals surface area contributed by atoms with Crippen molar-refractivity contribution in [3.8, 4) is 0 Å². The number of carbonyl (C=O) groups is 1. The van der Waals surface area contributed by atoms with E-state index >= 15 is 0 Å². The molecule has 9 heteroatoms. The van der Waals surface area contributed by atoms with Gasteiger partial charge in [0.05, 0.1) is 6.20 Å². The van der Waals surface area contributed by atoms with Crippen molar-refractivity contribution in [1.82, 2.24) is 19.5 Å². The van der Waals surface area contributed by atoms with Crippen molar-refractivity contribution < 1.29 is 4.79 Å². The van der Waals surface area contributed by atoms with Crippen LogP contribution in [0.5, 0.6) is 0 Å². The molecule has 0 atom stereocenters. The number of hydrogen-bond acceptors (Lipinski definition) is 7. The van der Waals surface area contributed by atoms with Gasteiger partial charge in [0.1, 0.15) is 11.6 Å². The molecule has 4 aromatic rings. The molecule has 43 heavy (non-hydrogen) atoms. The minimum Gasteiger partial charge on any atom is -0.367 e. The Balaban J connectivity index is 1.33. The van der Waals surface area contributed by atoms with Crippen molar-refractivity contribution in [3.05, 3.63) is 96.9 Å². The van der Waals surface area contributed by atoms with E-state index in [2.05, 4.69) is 72.4 Å². The largest absolute Gasteiger partial charge is 0.367 e. The summed E-state index contributed by atoms with van der Waals surface area (Å²) in [4.78, 5) is 20.3. The highest BCUT2D eigenvalue weighted by molar-refractivity contribution is 6.04.